The van der Waals surface area contributed by atoms with E-state index < -0.39 is 0 Å². The molecule has 2 atom stereocenters. The predicted octanol–water partition coefficient (Wildman–Crippen LogP) is 3.41. The van der Waals surface area contributed by atoms with Gasteiger partial charge < -0.3 is 9.84 Å². The van der Waals surface area contributed by atoms with Crippen LogP contribution in [0.25, 0.3) is 0 Å². The van der Waals surface area contributed by atoms with Crippen molar-refractivity contribution in [3.8, 4) is 0 Å². The molecule has 2 aromatic rings. The van der Waals surface area contributed by atoms with E-state index in [9.17, 15) is 0 Å². The predicted molar refractivity (Wildman–Crippen MR) is 83.1 cm³/mol. The molecule has 0 aliphatic carbocycles. The average Bonchev–Trinajstić information content (AvgIpc) is 3.05. The maximum Gasteiger partial charge on any atom is 0.244 e. The molecule has 4 rings (SSSR count). The minimum atomic E-state index is 0.148. The smallest absolute Gasteiger partial charge is 0.244 e. The van der Waals surface area contributed by atoms with Gasteiger partial charge >= 0.3 is 0 Å². The molecule has 3 heterocycles. The van der Waals surface area contributed by atoms with Crippen LogP contribution in [0.2, 0.25) is 0 Å². The van der Waals surface area contributed by atoms with E-state index in [4.69, 9.17) is 4.52 Å². The van der Waals surface area contributed by atoms with Crippen LogP contribution in [0.15, 0.2) is 28.8 Å². The van der Waals surface area contributed by atoms with E-state index >= 15 is 0 Å². The Hall–Kier alpha value is -1.33. The SMILES string of the molecule is c1ccc2c(c1)CNC(c1nc(C3CCCCS3)no1)C2. The topological polar surface area (TPSA) is 51.0 Å². The second-order valence-electron chi connectivity index (χ2n) is 5.75. The minimum Gasteiger partial charge on any atom is -0.338 e. The van der Waals surface area contributed by atoms with Crippen molar-refractivity contribution in [1.29, 1.82) is 0 Å². The summed E-state index contributed by atoms with van der Waals surface area (Å²) in [6.07, 6.45) is 4.68. The number of hydrogen-bond donors (Lipinski definition) is 1. The second kappa shape index (κ2) is 5.81. The summed E-state index contributed by atoms with van der Waals surface area (Å²) >= 11 is 1.96. The van der Waals surface area contributed by atoms with Gasteiger partial charge in [-0.15, -0.1) is 0 Å². The standard InChI is InChI=1S/C16H19N3OS/c1-2-6-12-10-17-13(9-11(12)5-1)16-18-15(19-20-16)14-7-3-4-8-21-14/h1-2,5-6,13-14,17H,3-4,7-10H2. The highest BCUT2D eigenvalue weighted by Gasteiger charge is 2.27. The van der Waals surface area contributed by atoms with Crippen molar-refractivity contribution in [2.24, 2.45) is 0 Å². The first-order chi connectivity index (χ1) is 10.4. The summed E-state index contributed by atoms with van der Waals surface area (Å²) in [7, 11) is 0. The molecule has 1 fully saturated rings. The van der Waals surface area contributed by atoms with Crippen molar-refractivity contribution in [2.75, 3.05) is 5.75 Å². The Morgan fingerprint density at radius 2 is 2.10 bits per heavy atom. The fourth-order valence-corrected chi connectivity index (χ4v) is 4.33. The van der Waals surface area contributed by atoms with E-state index in [1.807, 2.05) is 11.8 Å². The number of nitrogens with zero attached hydrogens (tertiary/aromatic N) is 2. The first-order valence-electron chi connectivity index (χ1n) is 7.65. The molecule has 2 aliphatic heterocycles. The van der Waals surface area contributed by atoms with Gasteiger partial charge in [-0.05, 0) is 36.1 Å². The van der Waals surface area contributed by atoms with Crippen LogP contribution >= 0.6 is 11.8 Å². The summed E-state index contributed by atoms with van der Waals surface area (Å²) in [6.45, 7) is 0.872. The summed E-state index contributed by atoms with van der Waals surface area (Å²) < 4.78 is 5.54. The minimum absolute atomic E-state index is 0.148. The quantitative estimate of drug-likeness (QED) is 0.921. The first-order valence-corrected chi connectivity index (χ1v) is 8.70. The van der Waals surface area contributed by atoms with Crippen LogP contribution in [0.1, 0.15) is 53.4 Å². The molecule has 2 aliphatic rings. The summed E-state index contributed by atoms with van der Waals surface area (Å²) in [4.78, 5) is 4.67. The molecule has 110 valence electrons. The number of rotatable bonds is 2. The zero-order chi connectivity index (χ0) is 14.1. The summed E-state index contributed by atoms with van der Waals surface area (Å²) in [5, 5.41) is 8.15. The molecule has 0 spiro atoms. The molecule has 5 heteroatoms. The fraction of sp³-hybridized carbons (Fsp3) is 0.500. The van der Waals surface area contributed by atoms with Gasteiger partial charge in [0.1, 0.15) is 0 Å². The lowest BCUT2D eigenvalue weighted by molar-refractivity contribution is 0.318. The third-order valence-electron chi connectivity index (χ3n) is 4.30. The van der Waals surface area contributed by atoms with Crippen molar-refractivity contribution >= 4 is 11.8 Å². The van der Waals surface area contributed by atoms with Crippen molar-refractivity contribution in [3.63, 3.8) is 0 Å². The van der Waals surface area contributed by atoms with Gasteiger partial charge in [-0.25, -0.2) is 0 Å². The Kier molecular flexibility index (Phi) is 3.69. The molecular weight excluding hydrogens is 282 g/mol. The summed E-state index contributed by atoms with van der Waals surface area (Å²) in [6, 6.07) is 8.70. The second-order valence-corrected chi connectivity index (χ2v) is 7.06. The largest absolute Gasteiger partial charge is 0.338 e. The van der Waals surface area contributed by atoms with Gasteiger partial charge in [0.05, 0.1) is 11.3 Å². The van der Waals surface area contributed by atoms with Crippen molar-refractivity contribution in [3.05, 3.63) is 47.1 Å². The molecule has 1 N–H and O–H groups in total. The molecule has 1 aromatic heterocycles. The number of hydrogen-bond acceptors (Lipinski definition) is 5. The third-order valence-corrected chi connectivity index (χ3v) is 5.68. The molecule has 1 aromatic carbocycles. The highest BCUT2D eigenvalue weighted by atomic mass is 32.2. The first kappa shape index (κ1) is 13.3. The molecule has 0 saturated carbocycles. The van der Waals surface area contributed by atoms with Gasteiger partial charge in [0.25, 0.3) is 0 Å². The van der Waals surface area contributed by atoms with Gasteiger partial charge in [0.2, 0.25) is 5.89 Å². The van der Waals surface area contributed by atoms with Gasteiger partial charge in [0.15, 0.2) is 5.82 Å². The van der Waals surface area contributed by atoms with Crippen LogP contribution < -0.4 is 5.32 Å². The van der Waals surface area contributed by atoms with Crippen LogP contribution in [-0.2, 0) is 13.0 Å². The Morgan fingerprint density at radius 1 is 1.19 bits per heavy atom. The normalized spacial score (nSPS) is 25.5. The highest BCUT2D eigenvalue weighted by Crippen LogP contribution is 2.37. The molecular formula is C16H19N3OS. The lowest BCUT2D eigenvalue weighted by Crippen LogP contribution is -2.28. The van der Waals surface area contributed by atoms with Crippen LogP contribution in [0, 0.1) is 0 Å². The molecule has 0 bridgehead atoms. The molecule has 1 saturated heterocycles. The number of aromatic nitrogens is 2. The maximum atomic E-state index is 5.54. The Morgan fingerprint density at radius 3 is 2.95 bits per heavy atom. The lowest BCUT2D eigenvalue weighted by Gasteiger charge is -2.23. The highest BCUT2D eigenvalue weighted by molar-refractivity contribution is 7.99. The van der Waals surface area contributed by atoms with Crippen LogP contribution in [0.5, 0.6) is 0 Å². The summed E-state index contributed by atoms with van der Waals surface area (Å²) in [5.41, 5.74) is 2.75. The molecule has 0 amide bonds. The van der Waals surface area contributed by atoms with E-state index in [0.717, 1.165) is 24.7 Å². The van der Waals surface area contributed by atoms with Gasteiger partial charge in [0, 0.05) is 6.54 Å². The van der Waals surface area contributed by atoms with E-state index in [-0.39, 0.29) is 6.04 Å². The third kappa shape index (κ3) is 2.72. The van der Waals surface area contributed by atoms with E-state index in [1.54, 1.807) is 0 Å². The molecule has 2 unspecified atom stereocenters. The van der Waals surface area contributed by atoms with Gasteiger partial charge in [-0.1, -0.05) is 35.8 Å². The van der Waals surface area contributed by atoms with Crippen molar-refractivity contribution in [2.45, 2.75) is 43.5 Å². The zero-order valence-electron chi connectivity index (χ0n) is 11.9. The van der Waals surface area contributed by atoms with Crippen LogP contribution in [-0.4, -0.2) is 15.9 Å². The number of benzene rings is 1. The number of nitrogens with one attached hydrogen (secondary N) is 1. The molecule has 21 heavy (non-hydrogen) atoms. The fourth-order valence-electron chi connectivity index (χ4n) is 3.09. The zero-order valence-corrected chi connectivity index (χ0v) is 12.7. The maximum absolute atomic E-state index is 5.54. The Labute approximate surface area is 128 Å². The van der Waals surface area contributed by atoms with Crippen molar-refractivity contribution in [1.82, 2.24) is 15.5 Å². The number of fused-ring (bicyclic) bond motifs is 1. The summed E-state index contributed by atoms with van der Waals surface area (Å²) in [5.74, 6) is 2.84. The Bertz CT molecular complexity index is 621. The van der Waals surface area contributed by atoms with E-state index in [2.05, 4.69) is 39.7 Å². The molecule has 4 nitrogen and oxygen atoms in total. The lowest BCUT2D eigenvalue weighted by atomic mass is 9.96. The van der Waals surface area contributed by atoms with E-state index in [1.165, 1.54) is 36.1 Å². The Balaban J connectivity index is 1.51. The van der Waals surface area contributed by atoms with Crippen LogP contribution in [0.4, 0.5) is 0 Å². The molecule has 0 radical (unpaired) electrons. The van der Waals surface area contributed by atoms with Crippen molar-refractivity contribution < 1.29 is 4.52 Å². The monoisotopic (exact) mass is 301 g/mol. The number of thioether (sulfide) groups is 1. The van der Waals surface area contributed by atoms with Gasteiger partial charge in [-0.3, -0.25) is 0 Å². The van der Waals surface area contributed by atoms with E-state index in [0.29, 0.717) is 5.25 Å². The van der Waals surface area contributed by atoms with Crippen LogP contribution in [0.3, 0.4) is 0 Å². The van der Waals surface area contributed by atoms with Gasteiger partial charge in [-0.2, -0.15) is 16.7 Å². The average molecular weight is 301 g/mol.